The van der Waals surface area contributed by atoms with Crippen molar-refractivity contribution in [2.24, 2.45) is 11.3 Å². The lowest BCUT2D eigenvalue weighted by Gasteiger charge is -2.18. The van der Waals surface area contributed by atoms with E-state index in [4.69, 9.17) is 0 Å². The molecule has 0 aromatic heterocycles. The quantitative estimate of drug-likeness (QED) is 0.615. The van der Waals surface area contributed by atoms with Crippen LogP contribution in [0.1, 0.15) is 64.9 Å². The minimum atomic E-state index is -3.92. The van der Waals surface area contributed by atoms with E-state index in [9.17, 15) is 13.2 Å². The fourth-order valence-corrected chi connectivity index (χ4v) is 5.49. The Kier molecular flexibility index (Phi) is 7.02. The molecule has 1 N–H and O–H groups in total. The van der Waals surface area contributed by atoms with Gasteiger partial charge in [-0.05, 0) is 41.4 Å². The van der Waals surface area contributed by atoms with E-state index in [-0.39, 0.29) is 16.7 Å². The fraction of sp³-hybridized carbons (Fsp3) is 0.480. The lowest BCUT2D eigenvalue weighted by Crippen LogP contribution is -2.31. The average Bonchev–Trinajstić information content (AvgIpc) is 3.19. The molecule has 2 aromatic carbocycles. The first-order valence-electron chi connectivity index (χ1n) is 10.9. The summed E-state index contributed by atoms with van der Waals surface area (Å²) in [7, 11) is -3.92. The van der Waals surface area contributed by atoms with Crippen molar-refractivity contribution in [2.75, 3.05) is 0 Å². The van der Waals surface area contributed by atoms with Crippen molar-refractivity contribution in [3.8, 4) is 11.1 Å². The summed E-state index contributed by atoms with van der Waals surface area (Å²) >= 11 is 0. The summed E-state index contributed by atoms with van der Waals surface area (Å²) < 4.78 is 28.2. The number of benzene rings is 2. The Bertz CT molecular complexity index is 966. The maximum absolute atomic E-state index is 13.0. The second-order valence-electron chi connectivity index (χ2n) is 9.65. The van der Waals surface area contributed by atoms with Gasteiger partial charge >= 0.3 is 0 Å². The summed E-state index contributed by atoms with van der Waals surface area (Å²) in [5, 5.41) is 0. The molecule has 1 fully saturated rings. The van der Waals surface area contributed by atoms with E-state index in [1.807, 2.05) is 30.3 Å². The van der Waals surface area contributed by atoms with Crippen LogP contribution < -0.4 is 4.72 Å². The largest absolute Gasteiger partial charge is 0.274 e. The van der Waals surface area contributed by atoms with E-state index in [0.29, 0.717) is 11.5 Å². The molecule has 2 aromatic rings. The van der Waals surface area contributed by atoms with Gasteiger partial charge in [0, 0.05) is 12.0 Å². The van der Waals surface area contributed by atoms with Gasteiger partial charge in [-0.3, -0.25) is 4.79 Å². The lowest BCUT2D eigenvalue weighted by molar-refractivity contribution is -0.119. The number of nitrogens with one attached hydrogen (secondary N) is 1. The monoisotopic (exact) mass is 427 g/mol. The predicted octanol–water partition coefficient (Wildman–Crippen LogP) is 5.72. The molecule has 3 rings (SSSR count). The van der Waals surface area contributed by atoms with Crippen LogP contribution in [0.3, 0.4) is 0 Å². The van der Waals surface area contributed by atoms with Crippen molar-refractivity contribution in [3.05, 3.63) is 54.1 Å². The van der Waals surface area contributed by atoms with Crippen LogP contribution in [-0.2, 0) is 21.2 Å². The SMILES string of the molecule is CC(C)(C)Cc1ccc(-c2ccccc2S(=O)(=O)NC(=O)CCC2CCCC2)cc1. The third kappa shape index (κ3) is 6.18. The summed E-state index contributed by atoms with van der Waals surface area (Å²) in [5.74, 6) is 0.134. The van der Waals surface area contributed by atoms with Crippen molar-refractivity contribution in [3.63, 3.8) is 0 Å². The van der Waals surface area contributed by atoms with Gasteiger partial charge in [-0.1, -0.05) is 88.9 Å². The van der Waals surface area contributed by atoms with Gasteiger partial charge in [-0.15, -0.1) is 0 Å². The maximum Gasteiger partial charge on any atom is 0.264 e. The van der Waals surface area contributed by atoms with Gasteiger partial charge in [0.05, 0.1) is 4.90 Å². The highest BCUT2D eigenvalue weighted by molar-refractivity contribution is 7.90. The molecule has 162 valence electrons. The second-order valence-corrected chi connectivity index (χ2v) is 11.3. The summed E-state index contributed by atoms with van der Waals surface area (Å²) in [5.41, 5.74) is 2.83. The van der Waals surface area contributed by atoms with E-state index >= 15 is 0 Å². The fourth-order valence-electron chi connectivity index (χ4n) is 4.24. The highest BCUT2D eigenvalue weighted by Crippen LogP contribution is 2.30. The standard InChI is InChI=1S/C25H33NO3S/c1-25(2,3)18-20-12-15-21(16-13-20)22-10-6-7-11-23(22)30(28,29)26-24(27)17-14-19-8-4-5-9-19/h6-7,10-13,15-16,19H,4-5,8-9,14,17-18H2,1-3H3,(H,26,27). The summed E-state index contributed by atoms with van der Waals surface area (Å²) in [6.07, 6.45) is 6.69. The van der Waals surface area contributed by atoms with Crippen molar-refractivity contribution >= 4 is 15.9 Å². The third-order valence-electron chi connectivity index (χ3n) is 5.68. The molecule has 0 radical (unpaired) electrons. The van der Waals surface area contributed by atoms with Crippen molar-refractivity contribution in [2.45, 2.75) is 70.6 Å². The van der Waals surface area contributed by atoms with Crippen LogP contribution in [0, 0.1) is 11.3 Å². The zero-order valence-electron chi connectivity index (χ0n) is 18.3. The molecule has 1 aliphatic rings. The van der Waals surface area contributed by atoms with E-state index in [1.165, 1.54) is 18.4 Å². The smallest absolute Gasteiger partial charge is 0.264 e. The normalized spacial score (nSPS) is 15.3. The van der Waals surface area contributed by atoms with Gasteiger partial charge in [-0.25, -0.2) is 13.1 Å². The zero-order chi connectivity index (χ0) is 21.8. The van der Waals surface area contributed by atoms with E-state index in [1.54, 1.807) is 18.2 Å². The molecule has 1 saturated carbocycles. The Labute approximate surface area is 181 Å². The van der Waals surface area contributed by atoms with Crippen LogP contribution >= 0.6 is 0 Å². The van der Waals surface area contributed by atoms with Gasteiger partial charge < -0.3 is 0 Å². The van der Waals surface area contributed by atoms with Gasteiger partial charge in [0.25, 0.3) is 10.0 Å². The first-order valence-corrected chi connectivity index (χ1v) is 12.4. The molecule has 0 spiro atoms. The maximum atomic E-state index is 13.0. The molecule has 30 heavy (non-hydrogen) atoms. The first kappa shape index (κ1) is 22.5. The number of rotatable bonds is 7. The lowest BCUT2D eigenvalue weighted by atomic mass is 9.87. The molecule has 5 heteroatoms. The Balaban J connectivity index is 1.75. The molecule has 0 atom stereocenters. The van der Waals surface area contributed by atoms with Crippen LogP contribution in [0.25, 0.3) is 11.1 Å². The molecule has 0 aliphatic heterocycles. The predicted molar refractivity (Wildman–Crippen MR) is 122 cm³/mol. The van der Waals surface area contributed by atoms with Crippen LogP contribution in [0.5, 0.6) is 0 Å². The molecule has 1 amide bonds. The minimum Gasteiger partial charge on any atom is -0.274 e. The molecule has 0 saturated heterocycles. The zero-order valence-corrected chi connectivity index (χ0v) is 19.1. The molecular weight excluding hydrogens is 394 g/mol. The minimum absolute atomic E-state index is 0.141. The van der Waals surface area contributed by atoms with Crippen LogP contribution in [0.2, 0.25) is 0 Å². The second kappa shape index (κ2) is 9.34. The number of amides is 1. The highest BCUT2D eigenvalue weighted by Gasteiger charge is 2.23. The van der Waals surface area contributed by atoms with Gasteiger partial charge in [0.15, 0.2) is 0 Å². The molecule has 1 aliphatic carbocycles. The molecular formula is C25H33NO3S. The number of carbonyl (C=O) groups is 1. The Hall–Kier alpha value is -2.14. The van der Waals surface area contributed by atoms with Crippen molar-refractivity contribution in [1.82, 2.24) is 4.72 Å². The van der Waals surface area contributed by atoms with E-state index in [0.717, 1.165) is 31.2 Å². The van der Waals surface area contributed by atoms with Gasteiger partial charge in [-0.2, -0.15) is 0 Å². The molecule has 0 bridgehead atoms. The van der Waals surface area contributed by atoms with Crippen LogP contribution in [0.15, 0.2) is 53.4 Å². The molecule has 4 nitrogen and oxygen atoms in total. The number of sulfonamides is 1. The molecule has 0 unspecified atom stereocenters. The molecule has 0 heterocycles. The Morgan fingerprint density at radius 1 is 1.00 bits per heavy atom. The summed E-state index contributed by atoms with van der Waals surface area (Å²) in [4.78, 5) is 12.5. The van der Waals surface area contributed by atoms with Gasteiger partial charge in [0.1, 0.15) is 0 Å². The number of carbonyl (C=O) groups excluding carboxylic acids is 1. The van der Waals surface area contributed by atoms with E-state index in [2.05, 4.69) is 25.5 Å². The topological polar surface area (TPSA) is 63.2 Å². The third-order valence-corrected chi connectivity index (χ3v) is 7.11. The van der Waals surface area contributed by atoms with Crippen molar-refractivity contribution < 1.29 is 13.2 Å². The number of hydrogen-bond acceptors (Lipinski definition) is 3. The Morgan fingerprint density at radius 2 is 1.63 bits per heavy atom. The van der Waals surface area contributed by atoms with E-state index < -0.39 is 15.9 Å². The number of hydrogen-bond donors (Lipinski definition) is 1. The first-order chi connectivity index (χ1) is 14.1. The Morgan fingerprint density at radius 3 is 2.27 bits per heavy atom. The summed E-state index contributed by atoms with van der Waals surface area (Å²) in [6.45, 7) is 6.58. The van der Waals surface area contributed by atoms with Crippen LogP contribution in [-0.4, -0.2) is 14.3 Å². The van der Waals surface area contributed by atoms with Crippen molar-refractivity contribution in [1.29, 1.82) is 0 Å². The van der Waals surface area contributed by atoms with Gasteiger partial charge in [0.2, 0.25) is 5.91 Å². The summed E-state index contributed by atoms with van der Waals surface area (Å²) in [6, 6.07) is 14.9. The van der Waals surface area contributed by atoms with Crippen LogP contribution in [0.4, 0.5) is 0 Å². The average molecular weight is 428 g/mol. The highest BCUT2D eigenvalue weighted by atomic mass is 32.2.